The van der Waals surface area contributed by atoms with Crippen LogP contribution < -0.4 is 11.1 Å². The molecule has 0 unspecified atom stereocenters. The van der Waals surface area contributed by atoms with Gasteiger partial charge in [0.1, 0.15) is 0 Å². The monoisotopic (exact) mass is 294 g/mol. The molecule has 6 nitrogen and oxygen atoms in total. The van der Waals surface area contributed by atoms with E-state index in [4.69, 9.17) is 10.3 Å². The van der Waals surface area contributed by atoms with Gasteiger partial charge in [0.25, 0.3) is 5.89 Å². The molecule has 1 amide bonds. The summed E-state index contributed by atoms with van der Waals surface area (Å²) in [5.74, 6) is 0.723. The summed E-state index contributed by atoms with van der Waals surface area (Å²) in [6, 6.07) is 14.5. The Hall–Kier alpha value is -3.15. The average Bonchev–Trinajstić information content (AvgIpc) is 2.97. The quantitative estimate of drug-likeness (QED) is 0.724. The lowest BCUT2D eigenvalue weighted by atomic mass is 10.1. The van der Waals surface area contributed by atoms with E-state index < -0.39 is 0 Å². The number of aromatic nitrogens is 2. The second kappa shape index (κ2) is 5.69. The molecule has 0 saturated carbocycles. The number of anilines is 2. The standard InChI is InChI=1S/C16H14N4O2/c1-10(21)18-12-8-6-11(7-9-12)15-19-16(22-20-15)13-4-2-3-5-14(13)17/h2-9H,17H2,1H3,(H,18,21). The Labute approximate surface area is 127 Å². The Kier molecular flexibility index (Phi) is 3.57. The highest BCUT2D eigenvalue weighted by Crippen LogP contribution is 2.26. The van der Waals surface area contributed by atoms with Crippen molar-refractivity contribution in [3.63, 3.8) is 0 Å². The minimum Gasteiger partial charge on any atom is -0.398 e. The Bertz CT molecular complexity index is 809. The Morgan fingerprint density at radius 1 is 1.14 bits per heavy atom. The third kappa shape index (κ3) is 2.80. The summed E-state index contributed by atoms with van der Waals surface area (Å²) in [5, 5.41) is 6.67. The summed E-state index contributed by atoms with van der Waals surface area (Å²) < 4.78 is 5.27. The Morgan fingerprint density at radius 3 is 2.55 bits per heavy atom. The molecule has 0 aliphatic heterocycles. The first-order valence-electron chi connectivity index (χ1n) is 6.70. The number of carbonyl (C=O) groups excluding carboxylic acids is 1. The molecule has 1 aromatic heterocycles. The predicted molar refractivity (Wildman–Crippen MR) is 83.9 cm³/mol. The molecule has 6 heteroatoms. The maximum atomic E-state index is 11.0. The first-order chi connectivity index (χ1) is 10.6. The number of nitrogens with zero attached hydrogens (tertiary/aromatic N) is 2. The number of hydrogen-bond acceptors (Lipinski definition) is 5. The normalized spacial score (nSPS) is 10.4. The molecule has 1 heterocycles. The van der Waals surface area contributed by atoms with Crippen molar-refractivity contribution in [2.75, 3.05) is 11.1 Å². The molecule has 0 aliphatic carbocycles. The van der Waals surface area contributed by atoms with Gasteiger partial charge in [0.2, 0.25) is 11.7 Å². The summed E-state index contributed by atoms with van der Waals surface area (Å²) in [6.45, 7) is 1.46. The van der Waals surface area contributed by atoms with Crippen molar-refractivity contribution in [2.24, 2.45) is 0 Å². The molecule has 3 aromatic rings. The van der Waals surface area contributed by atoms with Crippen LogP contribution in [-0.4, -0.2) is 16.0 Å². The van der Waals surface area contributed by atoms with Crippen molar-refractivity contribution in [3.8, 4) is 22.8 Å². The lowest BCUT2D eigenvalue weighted by Gasteiger charge is -2.01. The van der Waals surface area contributed by atoms with Gasteiger partial charge < -0.3 is 15.6 Å². The van der Waals surface area contributed by atoms with Gasteiger partial charge >= 0.3 is 0 Å². The van der Waals surface area contributed by atoms with Crippen LogP contribution in [0.4, 0.5) is 11.4 Å². The van der Waals surface area contributed by atoms with Crippen LogP contribution in [-0.2, 0) is 4.79 Å². The molecule has 0 fully saturated rings. The van der Waals surface area contributed by atoms with Gasteiger partial charge in [-0.3, -0.25) is 4.79 Å². The van der Waals surface area contributed by atoms with Gasteiger partial charge in [0.05, 0.1) is 5.56 Å². The number of rotatable bonds is 3. The maximum absolute atomic E-state index is 11.0. The fraction of sp³-hybridized carbons (Fsp3) is 0.0625. The van der Waals surface area contributed by atoms with Crippen LogP contribution in [0.2, 0.25) is 0 Å². The number of nitrogen functional groups attached to an aromatic ring is 1. The molecule has 22 heavy (non-hydrogen) atoms. The molecule has 0 radical (unpaired) electrons. The fourth-order valence-corrected chi connectivity index (χ4v) is 2.05. The molecule has 3 N–H and O–H groups in total. The van der Waals surface area contributed by atoms with Crippen molar-refractivity contribution in [3.05, 3.63) is 48.5 Å². The van der Waals surface area contributed by atoms with Gasteiger partial charge in [0.15, 0.2) is 0 Å². The summed E-state index contributed by atoms with van der Waals surface area (Å²) in [6.07, 6.45) is 0. The highest BCUT2D eigenvalue weighted by Gasteiger charge is 2.12. The molecule has 0 aliphatic rings. The van der Waals surface area contributed by atoms with Gasteiger partial charge in [-0.25, -0.2) is 0 Å². The number of amides is 1. The van der Waals surface area contributed by atoms with Gasteiger partial charge in [-0.15, -0.1) is 0 Å². The Morgan fingerprint density at radius 2 is 1.86 bits per heavy atom. The number of benzene rings is 2. The molecule has 3 rings (SSSR count). The maximum Gasteiger partial charge on any atom is 0.260 e. The summed E-state index contributed by atoms with van der Waals surface area (Å²) in [7, 11) is 0. The van der Waals surface area contributed by atoms with Crippen molar-refractivity contribution >= 4 is 17.3 Å². The van der Waals surface area contributed by atoms with Crippen LogP contribution in [0.5, 0.6) is 0 Å². The highest BCUT2D eigenvalue weighted by atomic mass is 16.5. The molecule has 0 atom stereocenters. The van der Waals surface area contributed by atoms with Crippen molar-refractivity contribution in [1.82, 2.24) is 10.1 Å². The SMILES string of the molecule is CC(=O)Nc1ccc(-c2noc(-c3ccccc3N)n2)cc1. The Balaban J connectivity index is 1.88. The minimum absolute atomic E-state index is 0.117. The number of hydrogen-bond donors (Lipinski definition) is 2. The van der Waals surface area contributed by atoms with Crippen LogP contribution >= 0.6 is 0 Å². The van der Waals surface area contributed by atoms with E-state index in [1.165, 1.54) is 6.92 Å². The fourth-order valence-electron chi connectivity index (χ4n) is 2.05. The van der Waals surface area contributed by atoms with Crippen molar-refractivity contribution in [2.45, 2.75) is 6.92 Å². The van der Waals surface area contributed by atoms with Crippen LogP contribution in [0.25, 0.3) is 22.8 Å². The zero-order chi connectivity index (χ0) is 15.5. The summed E-state index contributed by atoms with van der Waals surface area (Å²) in [4.78, 5) is 15.4. The van der Waals surface area contributed by atoms with Gasteiger partial charge in [0, 0.05) is 23.9 Å². The van der Waals surface area contributed by atoms with E-state index in [0.717, 1.165) is 5.56 Å². The minimum atomic E-state index is -0.117. The smallest absolute Gasteiger partial charge is 0.260 e. The number of nitrogens with one attached hydrogen (secondary N) is 1. The zero-order valence-electron chi connectivity index (χ0n) is 11.9. The molecular weight excluding hydrogens is 280 g/mol. The third-order valence-corrected chi connectivity index (χ3v) is 3.08. The van der Waals surface area contributed by atoms with Gasteiger partial charge in [-0.2, -0.15) is 4.98 Å². The van der Waals surface area contributed by atoms with Crippen LogP contribution in [0.15, 0.2) is 53.1 Å². The second-order valence-corrected chi connectivity index (χ2v) is 4.77. The van der Waals surface area contributed by atoms with E-state index >= 15 is 0 Å². The van der Waals surface area contributed by atoms with E-state index in [1.54, 1.807) is 18.2 Å². The topological polar surface area (TPSA) is 94.0 Å². The van der Waals surface area contributed by atoms with Crippen molar-refractivity contribution < 1.29 is 9.32 Å². The largest absolute Gasteiger partial charge is 0.398 e. The first-order valence-corrected chi connectivity index (χ1v) is 6.70. The molecule has 110 valence electrons. The highest BCUT2D eigenvalue weighted by molar-refractivity contribution is 5.88. The van der Waals surface area contributed by atoms with E-state index in [1.807, 2.05) is 30.3 Å². The third-order valence-electron chi connectivity index (χ3n) is 3.08. The predicted octanol–water partition coefficient (Wildman–Crippen LogP) is 2.94. The molecule has 2 aromatic carbocycles. The van der Waals surface area contributed by atoms with Crippen LogP contribution in [0.1, 0.15) is 6.92 Å². The molecule has 0 bridgehead atoms. The van der Waals surface area contributed by atoms with Gasteiger partial charge in [-0.1, -0.05) is 17.3 Å². The number of para-hydroxylation sites is 1. The van der Waals surface area contributed by atoms with Gasteiger partial charge in [-0.05, 0) is 36.4 Å². The molecule has 0 spiro atoms. The van der Waals surface area contributed by atoms with E-state index in [0.29, 0.717) is 28.7 Å². The number of carbonyl (C=O) groups is 1. The second-order valence-electron chi connectivity index (χ2n) is 4.77. The zero-order valence-corrected chi connectivity index (χ0v) is 11.9. The van der Waals surface area contributed by atoms with Crippen molar-refractivity contribution in [1.29, 1.82) is 0 Å². The lowest BCUT2D eigenvalue weighted by Crippen LogP contribution is -2.05. The van der Waals surface area contributed by atoms with Crippen LogP contribution in [0.3, 0.4) is 0 Å². The summed E-state index contributed by atoms with van der Waals surface area (Å²) >= 11 is 0. The van der Waals surface area contributed by atoms with Crippen LogP contribution in [0, 0.1) is 0 Å². The van der Waals surface area contributed by atoms with E-state index in [9.17, 15) is 4.79 Å². The first kappa shape index (κ1) is 13.8. The summed E-state index contributed by atoms with van der Waals surface area (Å²) in [5.41, 5.74) is 8.69. The van der Waals surface area contributed by atoms with E-state index in [2.05, 4.69) is 15.5 Å². The molecule has 0 saturated heterocycles. The average molecular weight is 294 g/mol. The molecular formula is C16H14N4O2. The van der Waals surface area contributed by atoms with E-state index in [-0.39, 0.29) is 5.91 Å². The number of nitrogens with two attached hydrogens (primary N) is 1. The lowest BCUT2D eigenvalue weighted by molar-refractivity contribution is -0.114.